The van der Waals surface area contributed by atoms with Gasteiger partial charge in [-0.2, -0.15) is 4.98 Å². The molecule has 0 aliphatic carbocycles. The Bertz CT molecular complexity index is 839. The molecule has 0 bridgehead atoms. The number of hydrogen-bond acceptors (Lipinski definition) is 4. The number of hydrogen-bond donors (Lipinski definition) is 2. The summed E-state index contributed by atoms with van der Waals surface area (Å²) in [6, 6.07) is 15.6. The number of nitrogens with one attached hydrogen (secondary N) is 2. The van der Waals surface area contributed by atoms with E-state index in [9.17, 15) is 0 Å². The Hall–Kier alpha value is -2.59. The lowest BCUT2D eigenvalue weighted by Gasteiger charge is -2.13. The van der Waals surface area contributed by atoms with Crippen LogP contribution in [0.5, 0.6) is 0 Å². The zero-order valence-corrected chi connectivity index (χ0v) is 14.6. The summed E-state index contributed by atoms with van der Waals surface area (Å²) < 4.78 is 0. The SMILES string of the molecule is Cc1cc(Nc2ccc(Cl)cc2)nc(Nc2c(C)cccc2C)n1. The highest BCUT2D eigenvalue weighted by Gasteiger charge is 2.07. The van der Waals surface area contributed by atoms with Gasteiger partial charge in [-0.3, -0.25) is 0 Å². The first-order valence-electron chi connectivity index (χ1n) is 7.73. The molecule has 5 heteroatoms. The van der Waals surface area contributed by atoms with E-state index in [1.807, 2.05) is 43.3 Å². The minimum absolute atomic E-state index is 0.573. The minimum Gasteiger partial charge on any atom is -0.340 e. The van der Waals surface area contributed by atoms with Gasteiger partial charge in [0.25, 0.3) is 0 Å². The van der Waals surface area contributed by atoms with Gasteiger partial charge in [-0.1, -0.05) is 29.8 Å². The molecule has 1 aromatic heterocycles. The molecular formula is C19H19ClN4. The van der Waals surface area contributed by atoms with E-state index < -0.39 is 0 Å². The van der Waals surface area contributed by atoms with E-state index in [2.05, 4.69) is 46.6 Å². The summed E-state index contributed by atoms with van der Waals surface area (Å²) in [6.45, 7) is 6.08. The monoisotopic (exact) mass is 338 g/mol. The molecule has 0 saturated carbocycles. The van der Waals surface area contributed by atoms with E-state index in [1.54, 1.807) is 0 Å². The zero-order chi connectivity index (χ0) is 17.1. The summed E-state index contributed by atoms with van der Waals surface area (Å²) in [7, 11) is 0. The van der Waals surface area contributed by atoms with E-state index in [0.717, 1.165) is 34.0 Å². The van der Waals surface area contributed by atoms with Crippen LogP contribution in [0, 0.1) is 20.8 Å². The number of aryl methyl sites for hydroxylation is 3. The van der Waals surface area contributed by atoms with Crippen LogP contribution in [-0.4, -0.2) is 9.97 Å². The molecule has 0 amide bonds. The minimum atomic E-state index is 0.573. The van der Waals surface area contributed by atoms with Crippen molar-refractivity contribution in [3.8, 4) is 0 Å². The Balaban J connectivity index is 1.87. The molecule has 0 saturated heterocycles. The van der Waals surface area contributed by atoms with Crippen LogP contribution in [0.3, 0.4) is 0 Å². The average molecular weight is 339 g/mol. The second-order valence-corrected chi connectivity index (χ2v) is 6.18. The number of para-hydroxylation sites is 1. The fourth-order valence-corrected chi connectivity index (χ4v) is 2.62. The molecule has 0 atom stereocenters. The van der Waals surface area contributed by atoms with Gasteiger partial charge in [0.05, 0.1) is 0 Å². The van der Waals surface area contributed by atoms with Crippen LogP contribution in [0.1, 0.15) is 16.8 Å². The molecular weight excluding hydrogens is 320 g/mol. The van der Waals surface area contributed by atoms with Gasteiger partial charge in [0.2, 0.25) is 5.95 Å². The normalized spacial score (nSPS) is 10.5. The molecule has 24 heavy (non-hydrogen) atoms. The summed E-state index contributed by atoms with van der Waals surface area (Å²) in [5, 5.41) is 7.32. The third-order valence-corrected chi connectivity index (χ3v) is 3.94. The second-order valence-electron chi connectivity index (χ2n) is 5.74. The molecule has 1 heterocycles. The maximum Gasteiger partial charge on any atom is 0.229 e. The van der Waals surface area contributed by atoms with Crippen LogP contribution in [-0.2, 0) is 0 Å². The Morgan fingerprint density at radius 1 is 0.833 bits per heavy atom. The summed E-state index contributed by atoms with van der Waals surface area (Å²) in [4.78, 5) is 9.05. The first-order valence-corrected chi connectivity index (χ1v) is 8.10. The van der Waals surface area contributed by atoms with E-state index in [-0.39, 0.29) is 0 Å². The van der Waals surface area contributed by atoms with Crippen molar-refractivity contribution in [1.29, 1.82) is 0 Å². The van der Waals surface area contributed by atoms with Crippen molar-refractivity contribution in [2.24, 2.45) is 0 Å². The topological polar surface area (TPSA) is 49.8 Å². The molecule has 4 nitrogen and oxygen atoms in total. The van der Waals surface area contributed by atoms with Gasteiger partial charge in [-0.25, -0.2) is 4.98 Å². The number of rotatable bonds is 4. The van der Waals surface area contributed by atoms with Gasteiger partial charge in [0.1, 0.15) is 5.82 Å². The molecule has 2 N–H and O–H groups in total. The number of nitrogens with zero attached hydrogens (tertiary/aromatic N) is 2. The van der Waals surface area contributed by atoms with Gasteiger partial charge in [0.15, 0.2) is 0 Å². The molecule has 0 aliphatic heterocycles. The highest BCUT2D eigenvalue weighted by molar-refractivity contribution is 6.30. The van der Waals surface area contributed by atoms with Crippen LogP contribution < -0.4 is 10.6 Å². The van der Waals surface area contributed by atoms with Crippen molar-refractivity contribution < 1.29 is 0 Å². The first-order chi connectivity index (χ1) is 11.5. The molecule has 0 spiro atoms. The quantitative estimate of drug-likeness (QED) is 0.655. The molecule has 2 aromatic carbocycles. The summed E-state index contributed by atoms with van der Waals surface area (Å²) >= 11 is 5.92. The molecule has 0 fully saturated rings. The third-order valence-electron chi connectivity index (χ3n) is 3.69. The van der Waals surface area contributed by atoms with Crippen LogP contribution in [0.4, 0.5) is 23.1 Å². The van der Waals surface area contributed by atoms with Gasteiger partial charge >= 0.3 is 0 Å². The van der Waals surface area contributed by atoms with Crippen molar-refractivity contribution >= 4 is 34.7 Å². The van der Waals surface area contributed by atoms with E-state index in [4.69, 9.17) is 11.6 Å². The van der Waals surface area contributed by atoms with Crippen molar-refractivity contribution in [2.75, 3.05) is 10.6 Å². The molecule has 0 unspecified atom stereocenters. The third kappa shape index (κ3) is 3.84. The van der Waals surface area contributed by atoms with Crippen molar-refractivity contribution in [1.82, 2.24) is 9.97 Å². The Morgan fingerprint density at radius 2 is 1.50 bits per heavy atom. The fraction of sp³-hybridized carbons (Fsp3) is 0.158. The van der Waals surface area contributed by atoms with Crippen LogP contribution >= 0.6 is 11.6 Å². The van der Waals surface area contributed by atoms with Gasteiger partial charge in [0, 0.05) is 28.2 Å². The number of benzene rings is 2. The van der Waals surface area contributed by atoms with Crippen LogP contribution in [0.15, 0.2) is 48.5 Å². The van der Waals surface area contributed by atoms with Gasteiger partial charge in [-0.05, 0) is 56.2 Å². The number of halogens is 1. The molecule has 0 aliphatic rings. The summed E-state index contributed by atoms with van der Waals surface area (Å²) in [6.07, 6.45) is 0. The van der Waals surface area contributed by atoms with Crippen LogP contribution in [0.25, 0.3) is 0 Å². The van der Waals surface area contributed by atoms with Crippen molar-refractivity contribution in [3.05, 3.63) is 70.4 Å². The lowest BCUT2D eigenvalue weighted by molar-refractivity contribution is 1.10. The molecule has 0 radical (unpaired) electrons. The first kappa shape index (κ1) is 16.3. The van der Waals surface area contributed by atoms with Crippen molar-refractivity contribution in [3.63, 3.8) is 0 Å². The van der Waals surface area contributed by atoms with Gasteiger partial charge in [-0.15, -0.1) is 0 Å². The summed E-state index contributed by atoms with van der Waals surface area (Å²) in [5.74, 6) is 1.31. The Morgan fingerprint density at radius 3 is 2.17 bits per heavy atom. The predicted molar refractivity (Wildman–Crippen MR) is 101 cm³/mol. The molecule has 3 aromatic rings. The zero-order valence-electron chi connectivity index (χ0n) is 13.9. The molecule has 122 valence electrons. The highest BCUT2D eigenvalue weighted by Crippen LogP contribution is 2.24. The Labute approximate surface area is 146 Å². The smallest absolute Gasteiger partial charge is 0.229 e. The fourth-order valence-electron chi connectivity index (χ4n) is 2.49. The maximum absolute atomic E-state index is 5.92. The second kappa shape index (κ2) is 6.89. The van der Waals surface area contributed by atoms with Crippen molar-refractivity contribution in [2.45, 2.75) is 20.8 Å². The average Bonchev–Trinajstić information content (AvgIpc) is 2.53. The van der Waals surface area contributed by atoms with E-state index >= 15 is 0 Å². The largest absolute Gasteiger partial charge is 0.340 e. The van der Waals surface area contributed by atoms with Gasteiger partial charge < -0.3 is 10.6 Å². The lowest BCUT2D eigenvalue weighted by atomic mass is 10.1. The predicted octanol–water partition coefficient (Wildman–Crippen LogP) is 5.54. The van der Waals surface area contributed by atoms with E-state index in [0.29, 0.717) is 11.0 Å². The lowest BCUT2D eigenvalue weighted by Crippen LogP contribution is -2.04. The standard InChI is InChI=1S/C19H19ClN4/c1-12-5-4-6-13(2)18(12)24-19-21-14(3)11-17(23-19)22-16-9-7-15(20)8-10-16/h4-11H,1-3H3,(H2,21,22,23,24). The molecule has 3 rings (SSSR count). The Kier molecular flexibility index (Phi) is 4.67. The number of aromatic nitrogens is 2. The van der Waals surface area contributed by atoms with Crippen LogP contribution in [0.2, 0.25) is 5.02 Å². The maximum atomic E-state index is 5.92. The highest BCUT2D eigenvalue weighted by atomic mass is 35.5. The van der Waals surface area contributed by atoms with E-state index in [1.165, 1.54) is 0 Å². The number of anilines is 4. The summed E-state index contributed by atoms with van der Waals surface area (Å²) in [5.41, 5.74) is 5.17.